The summed E-state index contributed by atoms with van der Waals surface area (Å²) >= 11 is 0. The molecule has 1 aliphatic rings. The van der Waals surface area contributed by atoms with Gasteiger partial charge in [0, 0.05) is 31.7 Å². The van der Waals surface area contributed by atoms with E-state index in [1.165, 1.54) is 0 Å². The van der Waals surface area contributed by atoms with Gasteiger partial charge < -0.3 is 20.6 Å². The molecule has 7 heteroatoms. The first-order valence-electron chi connectivity index (χ1n) is 7.00. The Balaban J connectivity index is 1.95. The quantitative estimate of drug-likeness (QED) is 0.761. The van der Waals surface area contributed by atoms with Crippen molar-refractivity contribution in [2.75, 3.05) is 36.8 Å². The summed E-state index contributed by atoms with van der Waals surface area (Å²) in [6, 6.07) is 9.02. The second kappa shape index (κ2) is 5.61. The number of hydrogen-bond acceptors (Lipinski definition) is 6. The predicted molar refractivity (Wildman–Crippen MR) is 85.9 cm³/mol. The zero-order chi connectivity index (χ0) is 14.8. The van der Waals surface area contributed by atoms with Crippen LogP contribution in [0, 0.1) is 0 Å². The Hall–Kier alpha value is -2.28. The van der Waals surface area contributed by atoms with Crippen molar-refractivity contribution in [1.29, 1.82) is 0 Å². The van der Waals surface area contributed by atoms with Crippen molar-refractivity contribution in [1.82, 2.24) is 15.0 Å². The third-order valence-electron chi connectivity index (χ3n) is 3.83. The molecule has 1 fully saturated rings. The van der Waals surface area contributed by atoms with Gasteiger partial charge in [0.05, 0.1) is 11.4 Å². The molecule has 0 aliphatic carbocycles. The highest BCUT2D eigenvalue weighted by Gasteiger charge is 2.18. The van der Waals surface area contributed by atoms with Gasteiger partial charge in [-0.1, -0.05) is 12.1 Å². The monoisotopic (exact) mass is 283 g/mol. The number of benzene rings is 1. The standard InChI is InChI=1S/C14H18BN5O/c15-20-7-5-19(6-8-20)12-9-11(17-18-14(12)16)10-3-1-2-4-13(10)21/h1-4,9,21H,5-8,15H2,(H2,16,18). The molecule has 0 atom stereocenters. The largest absolute Gasteiger partial charge is 0.507 e. The van der Waals surface area contributed by atoms with Crippen LogP contribution < -0.4 is 10.6 Å². The zero-order valence-electron chi connectivity index (χ0n) is 12.0. The third-order valence-corrected chi connectivity index (χ3v) is 3.83. The van der Waals surface area contributed by atoms with Crippen LogP contribution >= 0.6 is 0 Å². The highest BCUT2D eigenvalue weighted by Crippen LogP contribution is 2.31. The molecule has 2 heterocycles. The molecule has 0 saturated carbocycles. The first-order chi connectivity index (χ1) is 10.1. The van der Waals surface area contributed by atoms with Crippen molar-refractivity contribution >= 4 is 19.5 Å². The Labute approximate surface area is 124 Å². The van der Waals surface area contributed by atoms with E-state index in [0.717, 1.165) is 31.9 Å². The van der Waals surface area contributed by atoms with Gasteiger partial charge in [0.1, 0.15) is 5.75 Å². The van der Waals surface area contributed by atoms with E-state index in [-0.39, 0.29) is 5.75 Å². The van der Waals surface area contributed by atoms with Gasteiger partial charge in [-0.05, 0) is 18.2 Å². The lowest BCUT2D eigenvalue weighted by molar-refractivity contribution is 0.415. The van der Waals surface area contributed by atoms with E-state index < -0.39 is 0 Å². The lowest BCUT2D eigenvalue weighted by atomic mass is 10.1. The lowest BCUT2D eigenvalue weighted by Gasteiger charge is -2.34. The molecule has 21 heavy (non-hydrogen) atoms. The van der Waals surface area contributed by atoms with E-state index in [1.807, 2.05) is 18.2 Å². The topological polar surface area (TPSA) is 78.5 Å². The van der Waals surface area contributed by atoms with Crippen LogP contribution in [-0.2, 0) is 0 Å². The minimum absolute atomic E-state index is 0.195. The summed E-state index contributed by atoms with van der Waals surface area (Å²) < 4.78 is 0. The molecule has 1 aromatic heterocycles. The number of para-hydroxylation sites is 1. The van der Waals surface area contributed by atoms with Crippen LogP contribution in [0.1, 0.15) is 0 Å². The maximum atomic E-state index is 9.95. The summed E-state index contributed by atoms with van der Waals surface area (Å²) in [6.07, 6.45) is 0. The van der Waals surface area contributed by atoms with Crippen molar-refractivity contribution in [2.45, 2.75) is 0 Å². The molecule has 0 spiro atoms. The van der Waals surface area contributed by atoms with E-state index >= 15 is 0 Å². The van der Waals surface area contributed by atoms with Gasteiger partial charge in [-0.15, -0.1) is 10.2 Å². The Morgan fingerprint density at radius 3 is 2.52 bits per heavy atom. The van der Waals surface area contributed by atoms with Crippen LogP contribution in [0.5, 0.6) is 5.75 Å². The Morgan fingerprint density at radius 1 is 1.10 bits per heavy atom. The fourth-order valence-electron chi connectivity index (χ4n) is 2.51. The second-order valence-corrected chi connectivity index (χ2v) is 5.31. The summed E-state index contributed by atoms with van der Waals surface area (Å²) in [4.78, 5) is 4.50. The highest BCUT2D eigenvalue weighted by molar-refractivity contribution is 6.04. The molecule has 1 aromatic carbocycles. The molecule has 0 unspecified atom stereocenters. The number of piperazine rings is 1. The number of rotatable bonds is 2. The molecule has 1 saturated heterocycles. The van der Waals surface area contributed by atoms with Gasteiger partial charge >= 0.3 is 0 Å². The van der Waals surface area contributed by atoms with Crippen LogP contribution in [-0.4, -0.2) is 54.3 Å². The number of anilines is 2. The molecule has 3 N–H and O–H groups in total. The predicted octanol–water partition coefficient (Wildman–Crippen LogP) is 0.101. The molecule has 3 rings (SSSR count). The summed E-state index contributed by atoms with van der Waals surface area (Å²) in [5.41, 5.74) is 8.17. The fraction of sp³-hybridized carbons (Fsp3) is 0.286. The average Bonchev–Trinajstić information content (AvgIpc) is 2.50. The van der Waals surface area contributed by atoms with Gasteiger partial charge in [0.15, 0.2) is 13.8 Å². The maximum Gasteiger partial charge on any atom is 0.185 e. The number of aromatic hydroxyl groups is 1. The van der Waals surface area contributed by atoms with Crippen LogP contribution in [0.4, 0.5) is 11.5 Å². The normalized spacial score (nSPS) is 16.1. The summed E-state index contributed by atoms with van der Waals surface area (Å²) in [5, 5.41) is 18.1. The number of phenols is 1. The molecular formula is C14H18BN5O. The van der Waals surface area contributed by atoms with E-state index in [1.54, 1.807) is 12.1 Å². The molecular weight excluding hydrogens is 265 g/mol. The van der Waals surface area contributed by atoms with Gasteiger partial charge in [-0.2, -0.15) is 0 Å². The summed E-state index contributed by atoms with van der Waals surface area (Å²) in [7, 11) is 2.11. The Kier molecular flexibility index (Phi) is 3.66. The molecule has 108 valence electrons. The zero-order valence-corrected chi connectivity index (χ0v) is 12.0. The molecule has 1 aliphatic heterocycles. The van der Waals surface area contributed by atoms with E-state index in [4.69, 9.17) is 5.73 Å². The van der Waals surface area contributed by atoms with Crippen molar-refractivity contribution in [3.05, 3.63) is 30.3 Å². The number of phenolic OH excluding ortho intramolecular Hbond substituents is 1. The van der Waals surface area contributed by atoms with Crippen molar-refractivity contribution < 1.29 is 5.11 Å². The van der Waals surface area contributed by atoms with Crippen LogP contribution in [0.3, 0.4) is 0 Å². The number of nitrogens with zero attached hydrogens (tertiary/aromatic N) is 4. The van der Waals surface area contributed by atoms with Crippen molar-refractivity contribution in [3.8, 4) is 17.0 Å². The van der Waals surface area contributed by atoms with E-state index in [2.05, 4.69) is 27.9 Å². The highest BCUT2D eigenvalue weighted by atomic mass is 16.3. The molecule has 2 aromatic rings. The molecule has 0 radical (unpaired) electrons. The van der Waals surface area contributed by atoms with Crippen LogP contribution in [0.15, 0.2) is 30.3 Å². The Morgan fingerprint density at radius 2 is 1.81 bits per heavy atom. The number of aromatic nitrogens is 2. The average molecular weight is 283 g/mol. The SMILES string of the molecule is BN1CCN(c2cc(-c3ccccc3O)nnc2N)CC1. The van der Waals surface area contributed by atoms with Gasteiger partial charge in [-0.25, -0.2) is 0 Å². The number of nitrogens with two attached hydrogens (primary N) is 1. The number of nitrogen functional groups attached to an aromatic ring is 1. The van der Waals surface area contributed by atoms with Crippen molar-refractivity contribution in [3.63, 3.8) is 0 Å². The first-order valence-corrected chi connectivity index (χ1v) is 7.00. The van der Waals surface area contributed by atoms with E-state index in [9.17, 15) is 5.11 Å². The van der Waals surface area contributed by atoms with Crippen LogP contribution in [0.2, 0.25) is 0 Å². The Bertz CT molecular complexity index is 643. The van der Waals surface area contributed by atoms with E-state index in [0.29, 0.717) is 17.1 Å². The second-order valence-electron chi connectivity index (χ2n) is 5.31. The summed E-state index contributed by atoms with van der Waals surface area (Å²) in [5.74, 6) is 0.625. The molecule has 0 amide bonds. The van der Waals surface area contributed by atoms with Gasteiger partial charge in [0.25, 0.3) is 0 Å². The van der Waals surface area contributed by atoms with Crippen LogP contribution in [0.25, 0.3) is 11.3 Å². The molecule has 0 bridgehead atoms. The first kappa shape index (κ1) is 13.7. The third kappa shape index (κ3) is 2.78. The maximum absolute atomic E-state index is 9.95. The molecule has 6 nitrogen and oxygen atoms in total. The minimum atomic E-state index is 0.195. The van der Waals surface area contributed by atoms with Gasteiger partial charge in [-0.3, -0.25) is 0 Å². The smallest absolute Gasteiger partial charge is 0.185 e. The number of hydrogen-bond donors (Lipinski definition) is 2. The van der Waals surface area contributed by atoms with Gasteiger partial charge in [0.2, 0.25) is 0 Å². The lowest BCUT2D eigenvalue weighted by Crippen LogP contribution is -2.45. The fourth-order valence-corrected chi connectivity index (χ4v) is 2.51. The van der Waals surface area contributed by atoms with Crippen molar-refractivity contribution in [2.24, 2.45) is 0 Å². The minimum Gasteiger partial charge on any atom is -0.507 e. The summed E-state index contributed by atoms with van der Waals surface area (Å²) in [6.45, 7) is 3.81.